The summed E-state index contributed by atoms with van der Waals surface area (Å²) in [5.41, 5.74) is 10.5. The summed E-state index contributed by atoms with van der Waals surface area (Å²) in [7, 11) is 0. The van der Waals surface area contributed by atoms with Crippen LogP contribution >= 0.6 is 0 Å². The minimum atomic E-state index is 1.10. The maximum Gasteiger partial charge on any atom is 0.0546 e. The minimum Gasteiger partial charge on any atom is -0.310 e. The summed E-state index contributed by atoms with van der Waals surface area (Å²) in [5, 5.41) is 12.5. The molecule has 0 aliphatic carbocycles. The third-order valence-corrected chi connectivity index (χ3v) is 11.6. The zero-order chi connectivity index (χ0) is 37.7. The Hall–Kier alpha value is -7.48. The molecule has 0 radical (unpaired) electrons. The molecule has 0 fully saturated rings. The topological polar surface area (TPSA) is 3.24 Å². The van der Waals surface area contributed by atoms with E-state index in [2.05, 4.69) is 229 Å². The zero-order valence-electron chi connectivity index (χ0n) is 31.3. The number of rotatable bonds is 6. The molecule has 0 saturated heterocycles. The Kier molecular flexibility index (Phi) is 7.89. The Morgan fingerprint density at radius 3 is 1.58 bits per heavy atom. The van der Waals surface area contributed by atoms with Crippen LogP contribution in [-0.2, 0) is 0 Å². The van der Waals surface area contributed by atoms with Crippen molar-refractivity contribution in [3.63, 3.8) is 0 Å². The van der Waals surface area contributed by atoms with Gasteiger partial charge in [0.1, 0.15) is 0 Å². The van der Waals surface area contributed by atoms with Crippen LogP contribution in [0, 0.1) is 0 Å². The second-order valence-corrected chi connectivity index (χ2v) is 15.0. The van der Waals surface area contributed by atoms with Crippen LogP contribution in [0.3, 0.4) is 0 Å². The van der Waals surface area contributed by atoms with Gasteiger partial charge in [-0.3, -0.25) is 0 Å². The van der Waals surface area contributed by atoms with Crippen molar-refractivity contribution in [3.05, 3.63) is 224 Å². The highest BCUT2D eigenvalue weighted by Crippen LogP contribution is 2.44. The summed E-state index contributed by atoms with van der Waals surface area (Å²) in [5.74, 6) is 0. The number of nitrogens with zero attached hydrogens (tertiary/aromatic N) is 1. The molecular weight excluding hydrogens is 687 g/mol. The van der Waals surface area contributed by atoms with Crippen LogP contribution in [0.25, 0.3) is 87.2 Å². The average molecular weight is 724 g/mol. The van der Waals surface area contributed by atoms with Crippen LogP contribution in [0.2, 0.25) is 0 Å². The molecule has 266 valence electrons. The highest BCUT2D eigenvalue weighted by molar-refractivity contribution is 6.20. The maximum absolute atomic E-state index is 2.44. The smallest absolute Gasteiger partial charge is 0.0546 e. The molecule has 0 aliphatic rings. The Balaban J connectivity index is 1.10. The largest absolute Gasteiger partial charge is 0.310 e. The normalized spacial score (nSPS) is 11.5. The van der Waals surface area contributed by atoms with Gasteiger partial charge in [-0.2, -0.15) is 0 Å². The molecule has 1 heteroatoms. The van der Waals surface area contributed by atoms with Crippen molar-refractivity contribution in [2.45, 2.75) is 0 Å². The van der Waals surface area contributed by atoms with Crippen molar-refractivity contribution in [2.24, 2.45) is 0 Å². The van der Waals surface area contributed by atoms with Crippen LogP contribution in [0.5, 0.6) is 0 Å². The summed E-state index contributed by atoms with van der Waals surface area (Å²) >= 11 is 0. The van der Waals surface area contributed by atoms with Gasteiger partial charge in [0.2, 0.25) is 0 Å². The van der Waals surface area contributed by atoms with E-state index in [-0.39, 0.29) is 0 Å². The van der Waals surface area contributed by atoms with Crippen LogP contribution in [0.4, 0.5) is 17.1 Å². The lowest BCUT2D eigenvalue weighted by Crippen LogP contribution is -2.11. The Morgan fingerprint density at radius 1 is 0.228 bits per heavy atom. The third kappa shape index (κ3) is 5.89. The minimum absolute atomic E-state index is 1.10. The predicted octanol–water partition coefficient (Wildman–Crippen LogP) is 15.9. The standard InChI is InChI=1S/C56H37N/c1-2-11-38(12-3-1)40-27-30-50(31-28-40)57(51-18-10-17-44(36-51)45-25-21-39-13-4-5-15-43(39)33-45)55-37-49(35-47-16-7-8-19-52(47)55)46-29-32-54-48(34-46)26-24-42-23-22-41-14-6-9-20-53(41)56(42)54/h1-37H. The first-order valence-corrected chi connectivity index (χ1v) is 19.7. The van der Waals surface area contributed by atoms with Gasteiger partial charge in [0.15, 0.2) is 0 Å². The first-order valence-electron chi connectivity index (χ1n) is 19.7. The van der Waals surface area contributed by atoms with E-state index in [1.807, 2.05) is 0 Å². The highest BCUT2D eigenvalue weighted by atomic mass is 15.1. The number of hydrogen-bond acceptors (Lipinski definition) is 1. The molecule has 57 heavy (non-hydrogen) atoms. The van der Waals surface area contributed by atoms with E-state index in [0.29, 0.717) is 0 Å². The number of benzene rings is 11. The van der Waals surface area contributed by atoms with Crippen molar-refractivity contribution in [1.82, 2.24) is 0 Å². The van der Waals surface area contributed by atoms with E-state index in [1.165, 1.54) is 87.2 Å². The Morgan fingerprint density at radius 2 is 0.737 bits per heavy atom. The molecule has 0 bridgehead atoms. The van der Waals surface area contributed by atoms with E-state index < -0.39 is 0 Å². The fraction of sp³-hybridized carbons (Fsp3) is 0. The van der Waals surface area contributed by atoms with E-state index in [4.69, 9.17) is 0 Å². The van der Waals surface area contributed by atoms with Crippen molar-refractivity contribution in [1.29, 1.82) is 0 Å². The van der Waals surface area contributed by atoms with E-state index in [9.17, 15) is 0 Å². The summed E-state index contributed by atoms with van der Waals surface area (Å²) in [6, 6.07) is 82.2. The highest BCUT2D eigenvalue weighted by Gasteiger charge is 2.19. The lowest BCUT2D eigenvalue weighted by atomic mass is 9.93. The maximum atomic E-state index is 2.44. The summed E-state index contributed by atoms with van der Waals surface area (Å²) in [4.78, 5) is 2.44. The molecule has 11 rings (SSSR count). The van der Waals surface area contributed by atoms with Gasteiger partial charge >= 0.3 is 0 Å². The molecule has 0 heterocycles. The van der Waals surface area contributed by atoms with Crippen molar-refractivity contribution in [2.75, 3.05) is 4.90 Å². The van der Waals surface area contributed by atoms with Crippen LogP contribution in [0.15, 0.2) is 224 Å². The van der Waals surface area contributed by atoms with E-state index in [1.54, 1.807) is 0 Å². The van der Waals surface area contributed by atoms with Crippen molar-refractivity contribution in [3.8, 4) is 33.4 Å². The lowest BCUT2D eigenvalue weighted by Gasteiger charge is -2.28. The van der Waals surface area contributed by atoms with Crippen LogP contribution in [-0.4, -0.2) is 0 Å². The molecule has 0 amide bonds. The first kappa shape index (κ1) is 32.9. The molecule has 1 nitrogen and oxygen atoms in total. The summed E-state index contributed by atoms with van der Waals surface area (Å²) in [6.07, 6.45) is 0. The van der Waals surface area contributed by atoms with Gasteiger partial charge in [0.05, 0.1) is 5.69 Å². The fourth-order valence-corrected chi connectivity index (χ4v) is 8.71. The van der Waals surface area contributed by atoms with E-state index in [0.717, 1.165) is 17.1 Å². The van der Waals surface area contributed by atoms with Crippen molar-refractivity contribution < 1.29 is 0 Å². The second kappa shape index (κ2) is 13.7. The molecular formula is C56H37N. The van der Waals surface area contributed by atoms with Gasteiger partial charge in [0, 0.05) is 16.8 Å². The van der Waals surface area contributed by atoms with Gasteiger partial charge < -0.3 is 4.90 Å². The molecule has 0 aliphatic heterocycles. The van der Waals surface area contributed by atoms with Gasteiger partial charge in [-0.05, 0) is 130 Å². The SMILES string of the molecule is c1ccc(-c2ccc(N(c3cccc(-c4ccc5ccccc5c4)c3)c3cc(-c4ccc5c(ccc6ccc7ccccc7c65)c4)cc4ccccc34)cc2)cc1. The number of hydrogen-bond donors (Lipinski definition) is 0. The lowest BCUT2D eigenvalue weighted by molar-refractivity contribution is 1.30. The molecule has 0 unspecified atom stereocenters. The fourth-order valence-electron chi connectivity index (χ4n) is 8.71. The monoisotopic (exact) mass is 723 g/mol. The second-order valence-electron chi connectivity index (χ2n) is 15.0. The molecule has 0 N–H and O–H groups in total. The molecule has 11 aromatic carbocycles. The van der Waals surface area contributed by atoms with Crippen molar-refractivity contribution >= 4 is 70.9 Å². The van der Waals surface area contributed by atoms with Crippen LogP contribution in [0.1, 0.15) is 0 Å². The molecule has 0 saturated carbocycles. The number of fused-ring (bicyclic) bond motifs is 7. The Labute approximate surface area is 332 Å². The Bertz CT molecular complexity index is 3290. The predicted molar refractivity (Wildman–Crippen MR) is 245 cm³/mol. The zero-order valence-corrected chi connectivity index (χ0v) is 31.3. The first-order chi connectivity index (χ1) is 28.2. The average Bonchev–Trinajstić information content (AvgIpc) is 3.29. The molecule has 0 aromatic heterocycles. The van der Waals surface area contributed by atoms with E-state index >= 15 is 0 Å². The number of anilines is 3. The molecule has 0 atom stereocenters. The van der Waals surface area contributed by atoms with Crippen LogP contribution < -0.4 is 4.90 Å². The molecule has 11 aromatic rings. The van der Waals surface area contributed by atoms with Gasteiger partial charge in [0.25, 0.3) is 0 Å². The van der Waals surface area contributed by atoms with Gasteiger partial charge in [-0.1, -0.05) is 176 Å². The quantitative estimate of drug-likeness (QED) is 0.154. The third-order valence-electron chi connectivity index (χ3n) is 11.6. The molecule has 0 spiro atoms. The van der Waals surface area contributed by atoms with Gasteiger partial charge in [-0.15, -0.1) is 0 Å². The van der Waals surface area contributed by atoms with Gasteiger partial charge in [-0.25, -0.2) is 0 Å². The summed E-state index contributed by atoms with van der Waals surface area (Å²) < 4.78 is 0. The summed E-state index contributed by atoms with van der Waals surface area (Å²) in [6.45, 7) is 0.